The van der Waals surface area contributed by atoms with Crippen LogP contribution in [0.25, 0.3) is 11.2 Å². The van der Waals surface area contributed by atoms with Gasteiger partial charge >= 0.3 is 17.9 Å². The summed E-state index contributed by atoms with van der Waals surface area (Å²) in [5, 5.41) is 9.12. The number of nitrogens with two attached hydrogens (primary N) is 1. The van der Waals surface area contributed by atoms with Gasteiger partial charge in [-0.15, -0.1) is 0 Å². The van der Waals surface area contributed by atoms with Gasteiger partial charge in [0.05, 0.1) is 6.33 Å². The van der Waals surface area contributed by atoms with Gasteiger partial charge in [0.25, 0.3) is 0 Å². The van der Waals surface area contributed by atoms with Crippen LogP contribution in [0, 0.1) is 11.3 Å². The minimum absolute atomic E-state index is 0.0228. The maximum absolute atomic E-state index is 11.7. The molecule has 0 aliphatic carbocycles. The molecule has 3 rings (SSSR count). The number of ether oxygens (including phenoxy) is 4. The van der Waals surface area contributed by atoms with Crippen LogP contribution in [0.3, 0.4) is 0 Å². The summed E-state index contributed by atoms with van der Waals surface area (Å²) in [5.41, 5.74) is 6.18. The minimum Gasteiger partial charge on any atom is -0.463 e. The molecule has 2 N–H and O–H groups in total. The fraction of sp³-hybridized carbons (Fsp3) is 0.471. The molecular formula is C17H18N6O7. The Balaban J connectivity index is 2.07. The van der Waals surface area contributed by atoms with Gasteiger partial charge in [-0.2, -0.15) is 15.2 Å². The smallest absolute Gasteiger partial charge is 0.303 e. The van der Waals surface area contributed by atoms with E-state index in [1.165, 1.54) is 31.7 Å². The van der Waals surface area contributed by atoms with Crippen molar-refractivity contribution in [2.45, 2.75) is 45.3 Å². The molecule has 1 saturated heterocycles. The average Bonchev–Trinajstić information content (AvgIpc) is 3.21. The number of carbonyl (C=O) groups is 3. The van der Waals surface area contributed by atoms with Crippen LogP contribution >= 0.6 is 0 Å². The maximum Gasteiger partial charge on any atom is 0.303 e. The van der Waals surface area contributed by atoms with Crippen molar-refractivity contribution in [1.29, 1.82) is 5.26 Å². The Kier molecular flexibility index (Phi) is 5.79. The number of esters is 3. The van der Waals surface area contributed by atoms with E-state index in [0.717, 1.165) is 0 Å². The van der Waals surface area contributed by atoms with Crippen LogP contribution < -0.4 is 5.73 Å². The third-order valence-electron chi connectivity index (χ3n) is 4.16. The molecule has 2 aromatic rings. The van der Waals surface area contributed by atoms with Crippen molar-refractivity contribution in [3.05, 3.63) is 12.2 Å². The number of nitriles is 1. The first kappa shape index (κ1) is 20.9. The maximum atomic E-state index is 11.7. The third-order valence-corrected chi connectivity index (χ3v) is 4.16. The zero-order valence-electron chi connectivity index (χ0n) is 16.3. The number of rotatable bonds is 5. The van der Waals surface area contributed by atoms with E-state index in [-0.39, 0.29) is 29.4 Å². The number of carbonyl (C=O) groups excluding carboxylic acids is 3. The number of imidazole rings is 1. The van der Waals surface area contributed by atoms with Crippen molar-refractivity contribution in [3.8, 4) is 6.07 Å². The largest absolute Gasteiger partial charge is 0.463 e. The highest BCUT2D eigenvalue weighted by molar-refractivity contribution is 5.82. The van der Waals surface area contributed by atoms with Crippen molar-refractivity contribution in [2.24, 2.45) is 0 Å². The highest BCUT2D eigenvalue weighted by atomic mass is 16.7. The summed E-state index contributed by atoms with van der Waals surface area (Å²) in [4.78, 5) is 46.6. The Bertz CT molecular complexity index is 1050. The molecule has 0 amide bonds. The number of nitrogen functional groups attached to an aromatic ring is 1. The molecule has 3 heterocycles. The van der Waals surface area contributed by atoms with Crippen molar-refractivity contribution in [3.63, 3.8) is 0 Å². The van der Waals surface area contributed by atoms with E-state index in [1.54, 1.807) is 6.07 Å². The quantitative estimate of drug-likeness (QED) is 0.491. The Morgan fingerprint density at radius 3 is 2.43 bits per heavy atom. The molecule has 0 saturated carbocycles. The van der Waals surface area contributed by atoms with Crippen LogP contribution in [-0.2, 0) is 33.3 Å². The van der Waals surface area contributed by atoms with Crippen molar-refractivity contribution in [1.82, 2.24) is 19.5 Å². The first-order valence-corrected chi connectivity index (χ1v) is 8.74. The molecule has 1 aliphatic rings. The molecule has 0 aromatic carbocycles. The monoisotopic (exact) mass is 418 g/mol. The SMILES string of the molecule is CC(=O)OC[C@H]1O[C@@H](n2cnc3c(N)nc(C#N)nc32)[C@H](OC(C)=O)[C@@H]1OC(C)=O. The third kappa shape index (κ3) is 4.13. The van der Waals surface area contributed by atoms with Gasteiger partial charge in [-0.3, -0.25) is 19.0 Å². The summed E-state index contributed by atoms with van der Waals surface area (Å²) in [6, 6.07) is 1.79. The van der Waals surface area contributed by atoms with Crippen LogP contribution in [0.15, 0.2) is 6.33 Å². The molecule has 1 fully saturated rings. The number of anilines is 1. The van der Waals surface area contributed by atoms with Crippen LogP contribution in [0.4, 0.5) is 5.82 Å². The lowest BCUT2D eigenvalue weighted by molar-refractivity contribution is -0.166. The molecule has 2 aromatic heterocycles. The van der Waals surface area contributed by atoms with Gasteiger partial charge < -0.3 is 24.7 Å². The van der Waals surface area contributed by atoms with Gasteiger partial charge in [-0.05, 0) is 0 Å². The fourth-order valence-corrected chi connectivity index (χ4v) is 3.09. The Morgan fingerprint density at radius 1 is 1.17 bits per heavy atom. The minimum atomic E-state index is -1.12. The molecular weight excluding hydrogens is 400 g/mol. The van der Waals surface area contributed by atoms with E-state index in [9.17, 15) is 14.4 Å². The lowest BCUT2D eigenvalue weighted by Gasteiger charge is -2.23. The van der Waals surface area contributed by atoms with E-state index in [0.29, 0.717) is 0 Å². The van der Waals surface area contributed by atoms with E-state index in [2.05, 4.69) is 15.0 Å². The Hall–Kier alpha value is -3.79. The molecule has 158 valence electrons. The highest BCUT2D eigenvalue weighted by Crippen LogP contribution is 2.36. The molecule has 0 spiro atoms. The number of nitrogens with zero attached hydrogens (tertiary/aromatic N) is 5. The van der Waals surface area contributed by atoms with Crippen LogP contribution in [0.2, 0.25) is 0 Å². The van der Waals surface area contributed by atoms with Gasteiger partial charge in [0, 0.05) is 20.8 Å². The summed E-state index contributed by atoms with van der Waals surface area (Å²) < 4.78 is 22.9. The van der Waals surface area contributed by atoms with Crippen LogP contribution in [0.1, 0.15) is 32.8 Å². The lowest BCUT2D eigenvalue weighted by atomic mass is 10.1. The van der Waals surface area contributed by atoms with E-state index in [1.807, 2.05) is 0 Å². The fourth-order valence-electron chi connectivity index (χ4n) is 3.09. The zero-order valence-corrected chi connectivity index (χ0v) is 16.3. The van der Waals surface area contributed by atoms with Crippen LogP contribution in [-0.4, -0.2) is 62.3 Å². The van der Waals surface area contributed by atoms with E-state index < -0.39 is 42.4 Å². The molecule has 1 aliphatic heterocycles. The normalized spacial score (nSPS) is 23.0. The summed E-state index contributed by atoms with van der Waals surface area (Å²) >= 11 is 0. The second-order valence-corrected chi connectivity index (χ2v) is 6.38. The summed E-state index contributed by atoms with van der Waals surface area (Å²) in [7, 11) is 0. The molecule has 0 radical (unpaired) electrons. The highest BCUT2D eigenvalue weighted by Gasteiger charge is 2.51. The van der Waals surface area contributed by atoms with Gasteiger partial charge in [-0.25, -0.2) is 4.98 Å². The first-order valence-electron chi connectivity index (χ1n) is 8.74. The zero-order chi connectivity index (χ0) is 22.0. The van der Waals surface area contributed by atoms with Crippen molar-refractivity contribution < 1.29 is 33.3 Å². The number of hydrogen-bond acceptors (Lipinski definition) is 12. The standard InChI is InChI=1S/C17H18N6O7/c1-7(24)27-5-10-13(28-8(2)25)14(29-9(3)26)17(30-10)23-6-20-12-15(19)21-11(4-18)22-16(12)23/h6,10,13-14,17H,5H2,1-3H3,(H2,19,21,22)/t10-,13-,14-,17-/m1/s1. The predicted octanol–water partition coefficient (Wildman–Crippen LogP) is -0.396. The average molecular weight is 418 g/mol. The second kappa shape index (κ2) is 8.29. The Labute approximate surface area is 169 Å². The van der Waals surface area contributed by atoms with Crippen molar-refractivity contribution >= 4 is 34.9 Å². The molecule has 0 bridgehead atoms. The molecule has 4 atom stereocenters. The number of aromatic nitrogens is 4. The van der Waals surface area contributed by atoms with Gasteiger partial charge in [0.2, 0.25) is 5.82 Å². The molecule has 13 nitrogen and oxygen atoms in total. The number of fused-ring (bicyclic) bond motifs is 1. The number of hydrogen-bond donors (Lipinski definition) is 1. The molecule has 0 unspecified atom stereocenters. The van der Waals surface area contributed by atoms with Gasteiger partial charge in [-0.1, -0.05) is 0 Å². The Morgan fingerprint density at radius 2 is 1.83 bits per heavy atom. The lowest BCUT2D eigenvalue weighted by Crippen LogP contribution is -2.40. The van der Waals surface area contributed by atoms with Gasteiger partial charge in [0.1, 0.15) is 24.3 Å². The second-order valence-electron chi connectivity index (χ2n) is 6.38. The van der Waals surface area contributed by atoms with Gasteiger partial charge in [0.15, 0.2) is 29.9 Å². The molecule has 13 heteroatoms. The summed E-state index contributed by atoms with van der Waals surface area (Å²) in [5.74, 6) is -2.10. The molecule has 30 heavy (non-hydrogen) atoms. The first-order chi connectivity index (χ1) is 14.2. The van der Waals surface area contributed by atoms with Crippen LogP contribution in [0.5, 0.6) is 0 Å². The van der Waals surface area contributed by atoms with E-state index in [4.69, 9.17) is 29.9 Å². The predicted molar refractivity (Wildman–Crippen MR) is 96.1 cm³/mol. The van der Waals surface area contributed by atoms with E-state index >= 15 is 0 Å². The summed E-state index contributed by atoms with van der Waals surface area (Å²) in [6.07, 6.45) is -2.89. The summed E-state index contributed by atoms with van der Waals surface area (Å²) in [6.45, 7) is 3.32. The topological polar surface area (TPSA) is 182 Å². The van der Waals surface area contributed by atoms with Crippen molar-refractivity contribution in [2.75, 3.05) is 12.3 Å².